The van der Waals surface area contributed by atoms with Gasteiger partial charge in [0.05, 0.1) is 3.79 Å². The molecule has 0 bridgehead atoms. The van der Waals surface area contributed by atoms with Crippen molar-refractivity contribution in [3.63, 3.8) is 0 Å². The Bertz CT molecular complexity index is 354. The molecule has 0 unspecified atom stereocenters. The van der Waals surface area contributed by atoms with Crippen LogP contribution in [0.3, 0.4) is 0 Å². The number of hydrogen-bond acceptors (Lipinski definition) is 2. The number of alkyl halides is 3. The highest BCUT2D eigenvalue weighted by Gasteiger charge is 2.46. The van der Waals surface area contributed by atoms with E-state index in [2.05, 4.69) is 21.2 Å². The molecule has 1 aromatic rings. The van der Waals surface area contributed by atoms with E-state index < -0.39 is 17.6 Å². The molecule has 98 valence electrons. The lowest BCUT2D eigenvalue weighted by Gasteiger charge is -2.33. The van der Waals surface area contributed by atoms with E-state index in [4.69, 9.17) is 0 Å². The Kier molecular flexibility index (Phi) is 4.66. The zero-order valence-corrected chi connectivity index (χ0v) is 12.3. The summed E-state index contributed by atoms with van der Waals surface area (Å²) in [5.74, 6) is 0. The van der Waals surface area contributed by atoms with Gasteiger partial charge in [0, 0.05) is 11.4 Å². The summed E-state index contributed by atoms with van der Waals surface area (Å²) in [6.07, 6.45) is -4.23. The Labute approximate surface area is 112 Å². The molecule has 1 N–H and O–H groups in total. The maximum Gasteiger partial charge on any atom is 0.404 e. The van der Waals surface area contributed by atoms with Gasteiger partial charge in [0.25, 0.3) is 0 Å². The average Bonchev–Trinajstić information content (AvgIpc) is 2.46. The fourth-order valence-corrected chi connectivity index (χ4v) is 3.00. The normalized spacial score (nSPS) is 15.0. The van der Waals surface area contributed by atoms with Gasteiger partial charge in [-0.1, -0.05) is 20.8 Å². The van der Waals surface area contributed by atoms with Crippen LogP contribution in [-0.4, -0.2) is 12.2 Å². The maximum absolute atomic E-state index is 12.9. The predicted octanol–water partition coefficient (Wildman–Crippen LogP) is 4.58. The summed E-state index contributed by atoms with van der Waals surface area (Å²) in [6, 6.07) is 2.15. The van der Waals surface area contributed by atoms with Crippen molar-refractivity contribution in [2.24, 2.45) is 5.41 Å². The van der Waals surface area contributed by atoms with Crippen LogP contribution >= 0.6 is 27.3 Å². The second-order valence-electron chi connectivity index (χ2n) is 4.93. The molecule has 1 nitrogen and oxygen atoms in total. The van der Waals surface area contributed by atoms with Gasteiger partial charge < -0.3 is 5.32 Å². The van der Waals surface area contributed by atoms with Crippen molar-refractivity contribution in [1.29, 1.82) is 0 Å². The molecule has 1 rings (SSSR count). The summed E-state index contributed by atoms with van der Waals surface area (Å²) in [6.45, 7) is 4.99. The minimum atomic E-state index is -4.23. The lowest BCUT2D eigenvalue weighted by atomic mass is 9.86. The van der Waals surface area contributed by atoms with Crippen LogP contribution in [0.2, 0.25) is 0 Å². The van der Waals surface area contributed by atoms with Crippen LogP contribution in [0.5, 0.6) is 0 Å². The zero-order valence-electron chi connectivity index (χ0n) is 9.86. The molecule has 17 heavy (non-hydrogen) atoms. The van der Waals surface area contributed by atoms with E-state index in [1.54, 1.807) is 20.8 Å². The van der Waals surface area contributed by atoms with E-state index in [0.29, 0.717) is 0 Å². The van der Waals surface area contributed by atoms with Gasteiger partial charge in [-0.15, -0.1) is 11.3 Å². The van der Waals surface area contributed by atoms with Crippen LogP contribution in [0.1, 0.15) is 25.6 Å². The molecule has 0 spiro atoms. The van der Waals surface area contributed by atoms with Gasteiger partial charge in [0.1, 0.15) is 6.04 Å². The summed E-state index contributed by atoms with van der Waals surface area (Å²) >= 11 is 4.72. The van der Waals surface area contributed by atoms with Crippen LogP contribution < -0.4 is 5.32 Å². The Hall–Kier alpha value is -0.0700. The molecule has 0 amide bonds. The van der Waals surface area contributed by atoms with Gasteiger partial charge in [0.15, 0.2) is 0 Å². The van der Waals surface area contributed by atoms with Crippen LogP contribution in [0.15, 0.2) is 15.9 Å². The molecule has 6 heteroatoms. The number of thiophene rings is 1. The molecule has 0 saturated heterocycles. The van der Waals surface area contributed by atoms with Gasteiger partial charge in [-0.25, -0.2) is 0 Å². The van der Waals surface area contributed by atoms with Crippen LogP contribution in [0, 0.1) is 5.41 Å². The van der Waals surface area contributed by atoms with Crippen molar-refractivity contribution in [2.45, 2.75) is 39.5 Å². The molecule has 0 fully saturated rings. The van der Waals surface area contributed by atoms with E-state index in [1.807, 2.05) is 12.1 Å². The quantitative estimate of drug-likeness (QED) is 0.856. The molecule has 1 atom stereocenters. The summed E-state index contributed by atoms with van der Waals surface area (Å²) in [7, 11) is 0. The van der Waals surface area contributed by atoms with Gasteiger partial charge in [-0.2, -0.15) is 13.2 Å². The van der Waals surface area contributed by atoms with E-state index >= 15 is 0 Å². The zero-order chi connectivity index (χ0) is 13.3. The maximum atomic E-state index is 12.9. The Morgan fingerprint density at radius 3 is 2.24 bits per heavy atom. The van der Waals surface area contributed by atoms with E-state index in [9.17, 15) is 13.2 Å². The molecular weight excluding hydrogens is 315 g/mol. The van der Waals surface area contributed by atoms with Crippen molar-refractivity contribution in [2.75, 3.05) is 0 Å². The molecule has 1 aromatic heterocycles. The molecule has 0 aliphatic rings. The van der Waals surface area contributed by atoms with Crippen LogP contribution in [-0.2, 0) is 6.54 Å². The second kappa shape index (κ2) is 5.28. The smallest absolute Gasteiger partial charge is 0.301 e. The fourth-order valence-electron chi connectivity index (χ4n) is 1.56. The Balaban J connectivity index is 2.69. The molecule has 0 aliphatic heterocycles. The first-order valence-corrected chi connectivity index (χ1v) is 6.76. The third kappa shape index (κ3) is 4.60. The first-order valence-electron chi connectivity index (χ1n) is 5.15. The highest BCUT2D eigenvalue weighted by atomic mass is 79.9. The topological polar surface area (TPSA) is 12.0 Å². The molecule has 0 radical (unpaired) electrons. The summed E-state index contributed by atoms with van der Waals surface area (Å²) in [5.41, 5.74) is -0.854. The van der Waals surface area contributed by atoms with E-state index in [1.165, 1.54) is 11.3 Å². The van der Waals surface area contributed by atoms with Gasteiger partial charge in [0.2, 0.25) is 0 Å². The number of hydrogen-bond donors (Lipinski definition) is 1. The molecule has 0 aromatic carbocycles. The average molecular weight is 330 g/mol. The van der Waals surface area contributed by atoms with Gasteiger partial charge >= 0.3 is 6.18 Å². The van der Waals surface area contributed by atoms with Gasteiger partial charge in [-0.05, 0) is 33.5 Å². The van der Waals surface area contributed by atoms with Crippen molar-refractivity contribution in [3.05, 3.63) is 20.8 Å². The first kappa shape index (κ1) is 15.0. The molecular formula is C11H15BrF3NS. The molecule has 1 heterocycles. The van der Waals surface area contributed by atoms with Crippen molar-refractivity contribution < 1.29 is 13.2 Å². The second-order valence-corrected chi connectivity index (χ2v) is 7.47. The Morgan fingerprint density at radius 2 is 1.88 bits per heavy atom. The number of rotatable bonds is 3. The lowest BCUT2D eigenvalue weighted by molar-refractivity contribution is -0.178. The van der Waals surface area contributed by atoms with E-state index in [-0.39, 0.29) is 6.54 Å². The fraction of sp³-hybridized carbons (Fsp3) is 0.636. The summed E-state index contributed by atoms with van der Waals surface area (Å²) in [4.78, 5) is 0.885. The third-order valence-electron chi connectivity index (χ3n) is 2.30. The monoisotopic (exact) mass is 329 g/mol. The summed E-state index contributed by atoms with van der Waals surface area (Å²) < 4.78 is 39.5. The number of nitrogens with one attached hydrogen (secondary N) is 1. The Morgan fingerprint density at radius 1 is 1.29 bits per heavy atom. The van der Waals surface area contributed by atoms with Gasteiger partial charge in [-0.3, -0.25) is 0 Å². The van der Waals surface area contributed by atoms with Crippen LogP contribution in [0.4, 0.5) is 13.2 Å². The number of halogens is 4. The standard InChI is InChI=1S/C11H15BrF3NS/c1-10(2,3)9(11(13,14)15)16-6-7-4-5-8(12)17-7/h4-5,9,16H,6H2,1-3H3/t9-/m1/s1. The third-order valence-corrected chi connectivity index (χ3v) is 3.93. The highest BCUT2D eigenvalue weighted by molar-refractivity contribution is 9.11. The minimum Gasteiger partial charge on any atom is -0.301 e. The van der Waals surface area contributed by atoms with E-state index in [0.717, 1.165) is 8.66 Å². The summed E-state index contributed by atoms with van der Waals surface area (Å²) in [5, 5.41) is 2.59. The molecule has 0 saturated carbocycles. The highest BCUT2D eigenvalue weighted by Crippen LogP contribution is 2.33. The first-order chi connectivity index (χ1) is 7.60. The largest absolute Gasteiger partial charge is 0.404 e. The minimum absolute atomic E-state index is 0.234. The van der Waals surface area contributed by atoms with Crippen molar-refractivity contribution >= 4 is 27.3 Å². The predicted molar refractivity (Wildman–Crippen MR) is 68.2 cm³/mol. The van der Waals surface area contributed by atoms with Crippen LogP contribution in [0.25, 0.3) is 0 Å². The lowest BCUT2D eigenvalue weighted by Crippen LogP contribution is -2.50. The SMILES string of the molecule is CC(C)(C)[C@@H](NCc1ccc(Br)s1)C(F)(F)F. The molecule has 0 aliphatic carbocycles. The van der Waals surface area contributed by atoms with Crippen molar-refractivity contribution in [3.8, 4) is 0 Å². The van der Waals surface area contributed by atoms with Crippen molar-refractivity contribution in [1.82, 2.24) is 5.32 Å².